The average Bonchev–Trinajstić information content (AvgIpc) is 1.85. The van der Waals surface area contributed by atoms with E-state index >= 15 is 0 Å². The Labute approximate surface area is 69.3 Å². The van der Waals surface area contributed by atoms with Crippen molar-refractivity contribution in [1.82, 2.24) is 0 Å². The fraction of sp³-hybridized carbons (Fsp3) is 0.364. The summed E-state index contributed by atoms with van der Waals surface area (Å²) in [5.74, 6) is 1.47. The van der Waals surface area contributed by atoms with Gasteiger partial charge in [-0.3, -0.25) is 0 Å². The number of hydrogen-bond acceptors (Lipinski definition) is 0. The Kier molecular flexibility index (Phi) is 2.70. The third kappa shape index (κ3) is 2.75. The molecule has 0 heterocycles. The maximum atomic E-state index is 2.24. The van der Waals surface area contributed by atoms with Gasteiger partial charge in [-0.05, 0) is 24.8 Å². The first-order valence-electron chi connectivity index (χ1n) is 4.03. The molecule has 1 aromatic rings. The Morgan fingerprint density at radius 1 is 1.27 bits per heavy atom. The molecular formula is C11H15. The molecule has 11 heavy (non-hydrogen) atoms. The highest BCUT2D eigenvalue weighted by Crippen LogP contribution is 2.10. The van der Waals surface area contributed by atoms with E-state index in [-0.39, 0.29) is 0 Å². The van der Waals surface area contributed by atoms with Crippen molar-refractivity contribution in [3.63, 3.8) is 0 Å². The Bertz CT molecular complexity index is 223. The van der Waals surface area contributed by atoms with E-state index in [9.17, 15) is 0 Å². The Morgan fingerprint density at radius 3 is 2.55 bits per heavy atom. The van der Waals surface area contributed by atoms with Gasteiger partial charge in [0.1, 0.15) is 0 Å². The highest BCUT2D eigenvalue weighted by atomic mass is 14.0. The van der Waals surface area contributed by atoms with E-state index in [2.05, 4.69) is 45.0 Å². The highest BCUT2D eigenvalue weighted by molar-refractivity contribution is 5.24. The third-order valence-corrected chi connectivity index (χ3v) is 1.64. The summed E-state index contributed by atoms with van der Waals surface area (Å²) in [5, 5.41) is 0. The lowest BCUT2D eigenvalue weighted by Gasteiger charge is -2.04. The molecule has 0 spiro atoms. The lowest BCUT2D eigenvalue weighted by Crippen LogP contribution is -1.91. The first-order valence-corrected chi connectivity index (χ1v) is 4.03. The van der Waals surface area contributed by atoms with Crippen LogP contribution in [-0.2, 0) is 6.42 Å². The molecule has 0 aliphatic rings. The number of rotatable bonds is 2. The molecule has 1 rings (SSSR count). The predicted molar refractivity (Wildman–Crippen MR) is 49.5 cm³/mol. The fourth-order valence-corrected chi connectivity index (χ4v) is 1.23. The molecule has 0 saturated heterocycles. The van der Waals surface area contributed by atoms with E-state index in [4.69, 9.17) is 0 Å². The molecule has 1 radical (unpaired) electrons. The summed E-state index contributed by atoms with van der Waals surface area (Å²) in [7, 11) is 0. The standard InChI is InChI=1S/C11H15/c1-9(2)7-11-6-4-5-10(3)8-11/h4-6,8H,7H2,1-3H3. The van der Waals surface area contributed by atoms with E-state index < -0.39 is 0 Å². The van der Waals surface area contributed by atoms with Crippen LogP contribution in [-0.4, -0.2) is 0 Å². The second-order valence-corrected chi connectivity index (χ2v) is 3.37. The van der Waals surface area contributed by atoms with Crippen LogP contribution in [0.5, 0.6) is 0 Å². The fourth-order valence-electron chi connectivity index (χ4n) is 1.23. The van der Waals surface area contributed by atoms with Crippen LogP contribution in [0.15, 0.2) is 24.3 Å². The first kappa shape index (κ1) is 8.32. The van der Waals surface area contributed by atoms with Gasteiger partial charge >= 0.3 is 0 Å². The summed E-state index contributed by atoms with van der Waals surface area (Å²) in [6, 6.07) is 8.68. The minimum absolute atomic E-state index is 1.11. The molecule has 0 aliphatic carbocycles. The highest BCUT2D eigenvalue weighted by Gasteiger charge is 1.96. The second-order valence-electron chi connectivity index (χ2n) is 3.37. The van der Waals surface area contributed by atoms with Gasteiger partial charge in [-0.2, -0.15) is 0 Å². The molecule has 0 unspecified atom stereocenters. The van der Waals surface area contributed by atoms with Crippen LogP contribution in [0.25, 0.3) is 0 Å². The topological polar surface area (TPSA) is 0 Å². The average molecular weight is 147 g/mol. The monoisotopic (exact) mass is 147 g/mol. The maximum absolute atomic E-state index is 2.24. The van der Waals surface area contributed by atoms with Gasteiger partial charge in [0.25, 0.3) is 0 Å². The van der Waals surface area contributed by atoms with Gasteiger partial charge in [-0.25, -0.2) is 0 Å². The maximum Gasteiger partial charge on any atom is -0.0222 e. The Hall–Kier alpha value is -0.780. The van der Waals surface area contributed by atoms with Crippen molar-refractivity contribution in [2.75, 3.05) is 0 Å². The molecule has 59 valence electrons. The molecule has 0 heteroatoms. The Morgan fingerprint density at radius 2 is 2.00 bits per heavy atom. The smallest absolute Gasteiger partial charge is 0.0222 e. The molecule has 0 fully saturated rings. The summed E-state index contributed by atoms with van der Waals surface area (Å²) >= 11 is 0. The van der Waals surface area contributed by atoms with Crippen molar-refractivity contribution in [2.24, 2.45) is 0 Å². The van der Waals surface area contributed by atoms with Crippen LogP contribution in [0.2, 0.25) is 0 Å². The molecular weight excluding hydrogens is 132 g/mol. The lowest BCUT2D eigenvalue weighted by molar-refractivity contribution is 0.955. The van der Waals surface area contributed by atoms with Crippen LogP contribution >= 0.6 is 0 Å². The zero-order valence-corrected chi connectivity index (χ0v) is 7.52. The van der Waals surface area contributed by atoms with Crippen molar-refractivity contribution < 1.29 is 0 Å². The normalized spacial score (nSPS) is 10.5. The van der Waals surface area contributed by atoms with Gasteiger partial charge < -0.3 is 0 Å². The van der Waals surface area contributed by atoms with Crippen molar-refractivity contribution in [3.05, 3.63) is 41.3 Å². The molecule has 1 aromatic carbocycles. The molecule has 0 N–H and O–H groups in total. The zero-order valence-electron chi connectivity index (χ0n) is 7.52. The molecule has 0 nitrogen and oxygen atoms in total. The van der Waals surface area contributed by atoms with Gasteiger partial charge in [-0.15, -0.1) is 0 Å². The van der Waals surface area contributed by atoms with Crippen LogP contribution in [0.3, 0.4) is 0 Å². The summed E-state index contributed by atoms with van der Waals surface area (Å²) in [4.78, 5) is 0. The third-order valence-electron chi connectivity index (χ3n) is 1.64. The van der Waals surface area contributed by atoms with E-state index in [1.807, 2.05) is 0 Å². The minimum Gasteiger partial charge on any atom is -0.0617 e. The number of hydrogen-bond donors (Lipinski definition) is 0. The van der Waals surface area contributed by atoms with Crippen molar-refractivity contribution in [3.8, 4) is 0 Å². The van der Waals surface area contributed by atoms with E-state index in [1.54, 1.807) is 0 Å². The summed E-state index contributed by atoms with van der Waals surface area (Å²) in [6.45, 7) is 6.47. The molecule has 0 aliphatic heterocycles. The van der Waals surface area contributed by atoms with Crippen LogP contribution in [0.1, 0.15) is 25.0 Å². The first-order chi connectivity index (χ1) is 5.18. The van der Waals surface area contributed by atoms with Gasteiger partial charge in [-0.1, -0.05) is 43.7 Å². The van der Waals surface area contributed by atoms with E-state index in [1.165, 1.54) is 17.0 Å². The quantitative estimate of drug-likeness (QED) is 0.602. The van der Waals surface area contributed by atoms with Crippen molar-refractivity contribution in [1.29, 1.82) is 0 Å². The predicted octanol–water partition coefficient (Wildman–Crippen LogP) is 3.15. The second kappa shape index (κ2) is 3.56. The molecule has 0 saturated carbocycles. The molecule has 0 bridgehead atoms. The van der Waals surface area contributed by atoms with Crippen molar-refractivity contribution in [2.45, 2.75) is 27.2 Å². The van der Waals surface area contributed by atoms with E-state index in [0.29, 0.717) is 0 Å². The molecule has 0 amide bonds. The molecule has 0 aromatic heterocycles. The van der Waals surface area contributed by atoms with E-state index in [0.717, 1.165) is 6.42 Å². The van der Waals surface area contributed by atoms with Gasteiger partial charge in [0.05, 0.1) is 0 Å². The minimum atomic E-state index is 1.11. The van der Waals surface area contributed by atoms with Crippen LogP contribution < -0.4 is 0 Å². The van der Waals surface area contributed by atoms with Crippen LogP contribution in [0, 0.1) is 12.8 Å². The Balaban J connectivity index is 2.71. The molecule has 0 atom stereocenters. The van der Waals surface area contributed by atoms with Gasteiger partial charge in [0, 0.05) is 0 Å². The lowest BCUT2D eigenvalue weighted by atomic mass is 10.0. The largest absolute Gasteiger partial charge is 0.0617 e. The summed E-state index contributed by atoms with van der Waals surface area (Å²) < 4.78 is 0. The zero-order chi connectivity index (χ0) is 8.27. The van der Waals surface area contributed by atoms with Gasteiger partial charge in [0.15, 0.2) is 0 Å². The SMILES string of the molecule is C[C](C)Cc1cccc(C)c1. The number of benzene rings is 1. The summed E-state index contributed by atoms with van der Waals surface area (Å²) in [6.07, 6.45) is 1.11. The number of aryl methyl sites for hydroxylation is 1. The van der Waals surface area contributed by atoms with Crippen LogP contribution in [0.4, 0.5) is 0 Å². The van der Waals surface area contributed by atoms with Crippen molar-refractivity contribution >= 4 is 0 Å². The summed E-state index contributed by atoms with van der Waals surface area (Å²) in [5.41, 5.74) is 2.77. The van der Waals surface area contributed by atoms with Gasteiger partial charge in [0.2, 0.25) is 0 Å².